The Morgan fingerprint density at radius 2 is 1.94 bits per heavy atom. The van der Waals surface area contributed by atoms with Gasteiger partial charge in [-0.05, 0) is 6.07 Å². The van der Waals surface area contributed by atoms with E-state index in [1.165, 1.54) is 23.4 Å². The number of hydrogen-bond donors (Lipinski definition) is 0. The van der Waals surface area contributed by atoms with Crippen LogP contribution >= 0.6 is 11.6 Å². The molecule has 1 rings (SSSR count). The summed E-state index contributed by atoms with van der Waals surface area (Å²) in [5, 5.41) is 17.4. The average molecular weight is 263 g/mol. The largest absolute Gasteiger partial charge is 0.337 e. The first-order valence-electron chi connectivity index (χ1n) is 5.33. The Hall–Kier alpha value is -2.11. The van der Waals surface area contributed by atoms with E-state index < -0.39 is 0 Å². The molecule has 0 atom stereocenters. The fourth-order valence-corrected chi connectivity index (χ4v) is 1.60. The highest BCUT2D eigenvalue weighted by atomic mass is 35.5. The maximum atomic E-state index is 12.2. The third kappa shape index (κ3) is 3.73. The van der Waals surface area contributed by atoms with Crippen LogP contribution in [0, 0.1) is 22.7 Å². The van der Waals surface area contributed by atoms with Crippen molar-refractivity contribution < 1.29 is 4.79 Å². The molecule has 0 spiro atoms. The Morgan fingerprint density at radius 1 is 1.33 bits per heavy atom. The second-order valence-electron chi connectivity index (χ2n) is 3.46. The Labute approximate surface area is 110 Å². The monoisotopic (exact) mass is 262 g/mol. The Bertz CT molecular complexity index is 486. The van der Waals surface area contributed by atoms with E-state index in [4.69, 9.17) is 22.1 Å². The van der Waals surface area contributed by atoms with Gasteiger partial charge in [0.25, 0.3) is 5.91 Å². The summed E-state index contributed by atoms with van der Waals surface area (Å²) in [6.45, 7) is 0.575. The third-order valence-corrected chi connectivity index (χ3v) is 2.58. The van der Waals surface area contributed by atoms with Crippen LogP contribution in [0.25, 0.3) is 0 Å². The van der Waals surface area contributed by atoms with Gasteiger partial charge >= 0.3 is 0 Å². The molecule has 0 radical (unpaired) electrons. The summed E-state index contributed by atoms with van der Waals surface area (Å²) in [5.41, 5.74) is 0.336. The number of nitrogens with zero attached hydrogens (tertiary/aromatic N) is 4. The van der Waals surface area contributed by atoms with Crippen LogP contribution in [0.3, 0.4) is 0 Å². The Balaban J connectivity index is 2.85. The number of hydrogen-bond acceptors (Lipinski definition) is 4. The number of rotatable bonds is 5. The number of halogens is 1. The number of pyridine rings is 1. The lowest BCUT2D eigenvalue weighted by atomic mass is 10.2. The maximum absolute atomic E-state index is 12.2. The minimum absolute atomic E-state index is 0.222. The second kappa shape index (κ2) is 7.26. The Kier molecular flexibility index (Phi) is 5.63. The van der Waals surface area contributed by atoms with Crippen molar-refractivity contribution in [2.75, 3.05) is 13.1 Å². The van der Waals surface area contributed by atoms with Crippen molar-refractivity contribution in [2.45, 2.75) is 12.8 Å². The van der Waals surface area contributed by atoms with Crippen LogP contribution in [-0.2, 0) is 0 Å². The van der Waals surface area contributed by atoms with Gasteiger partial charge in [0.05, 0.1) is 35.6 Å². The minimum Gasteiger partial charge on any atom is -0.337 e. The summed E-state index contributed by atoms with van der Waals surface area (Å²) in [6.07, 6.45) is 3.31. The van der Waals surface area contributed by atoms with E-state index in [-0.39, 0.29) is 36.9 Å². The van der Waals surface area contributed by atoms with Crippen LogP contribution in [0.1, 0.15) is 23.2 Å². The minimum atomic E-state index is -0.284. The molecule has 0 unspecified atom stereocenters. The molecule has 0 fully saturated rings. The molecule has 0 saturated heterocycles. The first-order valence-corrected chi connectivity index (χ1v) is 5.71. The quantitative estimate of drug-likeness (QED) is 0.813. The highest BCUT2D eigenvalue weighted by Crippen LogP contribution is 2.16. The highest BCUT2D eigenvalue weighted by molar-refractivity contribution is 6.33. The van der Waals surface area contributed by atoms with Gasteiger partial charge in [0.15, 0.2) is 0 Å². The molecule has 0 N–H and O–H groups in total. The van der Waals surface area contributed by atoms with Crippen LogP contribution in [0.5, 0.6) is 0 Å². The number of carbonyl (C=O) groups excluding carboxylic acids is 1. The highest BCUT2D eigenvalue weighted by Gasteiger charge is 2.17. The first kappa shape index (κ1) is 14.0. The fourth-order valence-electron chi connectivity index (χ4n) is 1.40. The third-order valence-electron chi connectivity index (χ3n) is 2.28. The second-order valence-corrected chi connectivity index (χ2v) is 3.87. The molecule has 0 aliphatic carbocycles. The zero-order valence-corrected chi connectivity index (χ0v) is 10.4. The van der Waals surface area contributed by atoms with E-state index in [0.29, 0.717) is 5.56 Å². The molecule has 0 saturated carbocycles. The molecule has 5 nitrogen and oxygen atoms in total. The fraction of sp³-hybridized carbons (Fsp3) is 0.333. The van der Waals surface area contributed by atoms with Crippen LogP contribution in [0.15, 0.2) is 18.5 Å². The van der Waals surface area contributed by atoms with Gasteiger partial charge < -0.3 is 4.90 Å². The molecule has 6 heteroatoms. The van der Waals surface area contributed by atoms with Crippen molar-refractivity contribution >= 4 is 17.5 Å². The molecule has 0 aromatic carbocycles. The van der Waals surface area contributed by atoms with Crippen LogP contribution in [0.2, 0.25) is 5.02 Å². The molecule has 1 aromatic rings. The summed E-state index contributed by atoms with van der Waals surface area (Å²) < 4.78 is 0. The summed E-state index contributed by atoms with van der Waals surface area (Å²) in [4.78, 5) is 17.4. The van der Waals surface area contributed by atoms with E-state index >= 15 is 0 Å². The van der Waals surface area contributed by atoms with Gasteiger partial charge in [-0.3, -0.25) is 9.78 Å². The number of nitriles is 2. The summed E-state index contributed by atoms with van der Waals surface area (Å²) in [7, 11) is 0. The lowest BCUT2D eigenvalue weighted by Gasteiger charge is -2.20. The molecule has 1 aromatic heterocycles. The molecular weight excluding hydrogens is 252 g/mol. The average Bonchev–Trinajstić information content (AvgIpc) is 2.39. The maximum Gasteiger partial charge on any atom is 0.255 e. The lowest BCUT2D eigenvalue weighted by molar-refractivity contribution is 0.0762. The van der Waals surface area contributed by atoms with E-state index in [1.54, 1.807) is 0 Å². The number of amides is 1. The molecule has 0 bridgehead atoms. The zero-order valence-electron chi connectivity index (χ0n) is 9.64. The molecule has 0 aliphatic rings. The number of aromatic nitrogens is 1. The first-order chi connectivity index (χ1) is 8.70. The van der Waals surface area contributed by atoms with E-state index in [9.17, 15) is 4.79 Å². The predicted molar refractivity (Wildman–Crippen MR) is 65.6 cm³/mol. The van der Waals surface area contributed by atoms with E-state index in [2.05, 4.69) is 4.98 Å². The molecule has 1 heterocycles. The van der Waals surface area contributed by atoms with E-state index in [1.807, 2.05) is 12.1 Å². The normalized spacial score (nSPS) is 9.28. The van der Waals surface area contributed by atoms with Gasteiger partial charge in [0.2, 0.25) is 0 Å². The molecule has 1 amide bonds. The van der Waals surface area contributed by atoms with Crippen molar-refractivity contribution in [2.24, 2.45) is 0 Å². The summed E-state index contributed by atoms with van der Waals surface area (Å²) >= 11 is 5.89. The standard InChI is InChI=1S/C12H11ClN4O/c13-11-9-16-6-3-10(11)12(18)17(7-1-4-14)8-2-5-15/h3,6,9H,1-2,7-8H2. The molecular formula is C12H11ClN4O. The van der Waals surface area contributed by atoms with Crippen molar-refractivity contribution in [1.29, 1.82) is 10.5 Å². The smallest absolute Gasteiger partial charge is 0.255 e. The van der Waals surface area contributed by atoms with Crippen LogP contribution in [-0.4, -0.2) is 28.9 Å². The summed E-state index contributed by atoms with van der Waals surface area (Å²) in [5.74, 6) is -0.284. The van der Waals surface area contributed by atoms with Crippen LogP contribution < -0.4 is 0 Å². The SMILES string of the molecule is N#CCCN(CCC#N)C(=O)c1ccncc1Cl. The van der Waals surface area contributed by atoms with Gasteiger partial charge in [-0.15, -0.1) is 0 Å². The van der Waals surface area contributed by atoms with Gasteiger partial charge in [-0.25, -0.2) is 0 Å². The van der Waals surface area contributed by atoms with Crippen molar-refractivity contribution in [3.63, 3.8) is 0 Å². The molecule has 18 heavy (non-hydrogen) atoms. The van der Waals surface area contributed by atoms with Crippen LogP contribution in [0.4, 0.5) is 0 Å². The van der Waals surface area contributed by atoms with Gasteiger partial charge in [-0.2, -0.15) is 10.5 Å². The topological polar surface area (TPSA) is 80.8 Å². The molecule has 0 aliphatic heterocycles. The van der Waals surface area contributed by atoms with Crippen molar-refractivity contribution in [1.82, 2.24) is 9.88 Å². The van der Waals surface area contributed by atoms with Gasteiger partial charge in [-0.1, -0.05) is 11.6 Å². The van der Waals surface area contributed by atoms with Crippen molar-refractivity contribution in [3.8, 4) is 12.1 Å². The number of carbonyl (C=O) groups is 1. The molecule has 92 valence electrons. The van der Waals surface area contributed by atoms with Gasteiger partial charge in [0, 0.05) is 25.5 Å². The summed E-state index contributed by atoms with van der Waals surface area (Å²) in [6, 6.07) is 5.47. The Morgan fingerprint density at radius 3 is 2.44 bits per heavy atom. The van der Waals surface area contributed by atoms with Crippen molar-refractivity contribution in [3.05, 3.63) is 29.0 Å². The van der Waals surface area contributed by atoms with E-state index in [0.717, 1.165) is 0 Å². The van der Waals surface area contributed by atoms with Gasteiger partial charge in [0.1, 0.15) is 0 Å². The lowest BCUT2D eigenvalue weighted by Crippen LogP contribution is -2.33. The zero-order chi connectivity index (χ0) is 13.4. The predicted octanol–water partition coefficient (Wildman–Crippen LogP) is 2.00.